The Labute approximate surface area is 144 Å². The maximum Gasteiger partial charge on any atom is 0.462 e. The first-order chi connectivity index (χ1) is 10.5. The van der Waals surface area contributed by atoms with Crippen molar-refractivity contribution in [3.8, 4) is 0 Å². The Bertz CT molecular complexity index is 637. The number of carbonyl (C=O) groups excluding carboxylic acids is 3. The molecule has 118 valence electrons. The summed E-state index contributed by atoms with van der Waals surface area (Å²) >= 11 is 0. The van der Waals surface area contributed by atoms with E-state index in [1.807, 2.05) is 0 Å². The Morgan fingerprint density at radius 3 is 2.91 bits per heavy atom. The molecule has 2 aliphatic carbocycles. The molecule has 0 radical (unpaired) electrons. The average Bonchev–Trinajstić information content (AvgIpc) is 3.09. The number of rotatable bonds is 3. The Balaban J connectivity index is 0.00000192. The first kappa shape index (κ1) is 17.4. The van der Waals surface area contributed by atoms with Crippen molar-refractivity contribution in [2.45, 2.75) is 25.0 Å². The molecular formula is C14H14N2O6Zn. The van der Waals surface area contributed by atoms with Crippen molar-refractivity contribution in [3.05, 3.63) is 12.5 Å². The number of nitrogens with two attached hydrogens (primary N) is 1. The van der Waals surface area contributed by atoms with Crippen LogP contribution in [0.15, 0.2) is 6.58 Å². The van der Waals surface area contributed by atoms with E-state index in [1.54, 1.807) is 0 Å². The number of ether oxygens (including phenoxy) is 3. The van der Waals surface area contributed by atoms with Gasteiger partial charge in [0.25, 0.3) is 0 Å². The zero-order valence-electron chi connectivity index (χ0n) is 12.3. The third-order valence-electron chi connectivity index (χ3n) is 4.16. The normalized spacial score (nSPS) is 29.8. The first-order valence-electron chi connectivity index (χ1n) is 6.78. The molecule has 3 rings (SSSR count). The molecule has 4 atom stereocenters. The number of carbonyl (C=O) groups is 3. The van der Waals surface area contributed by atoms with Gasteiger partial charge in [0.2, 0.25) is 0 Å². The van der Waals surface area contributed by atoms with E-state index in [2.05, 4.69) is 21.9 Å². The Kier molecular flexibility index (Phi) is 5.05. The molecule has 0 aromatic rings. The summed E-state index contributed by atoms with van der Waals surface area (Å²) in [7, 11) is 0. The van der Waals surface area contributed by atoms with Gasteiger partial charge in [-0.15, -0.1) is 4.67 Å². The van der Waals surface area contributed by atoms with E-state index in [9.17, 15) is 14.4 Å². The van der Waals surface area contributed by atoms with Gasteiger partial charge in [-0.05, 0) is 5.92 Å². The summed E-state index contributed by atoms with van der Waals surface area (Å²) in [5, 5.41) is 0. The summed E-state index contributed by atoms with van der Waals surface area (Å²) in [5.41, 5.74) is 5.25. The van der Waals surface area contributed by atoms with E-state index < -0.39 is 36.6 Å². The van der Waals surface area contributed by atoms with Gasteiger partial charge in [-0.25, -0.2) is 9.59 Å². The molecule has 0 aromatic carbocycles. The fourth-order valence-corrected chi connectivity index (χ4v) is 3.28. The van der Waals surface area contributed by atoms with E-state index in [0.29, 0.717) is 6.42 Å². The number of hydrogen-bond donors (Lipinski definition) is 1. The molecule has 2 saturated carbocycles. The molecule has 3 fully saturated rings. The maximum absolute atomic E-state index is 11.8. The molecule has 9 heteroatoms. The van der Waals surface area contributed by atoms with Crippen molar-refractivity contribution in [2.75, 3.05) is 6.61 Å². The van der Waals surface area contributed by atoms with E-state index >= 15 is 0 Å². The van der Waals surface area contributed by atoms with Gasteiger partial charge in [-0.2, -0.15) is 12.8 Å². The smallest absolute Gasteiger partial charge is 0.462 e. The van der Waals surface area contributed by atoms with Gasteiger partial charge in [0, 0.05) is 38.1 Å². The van der Waals surface area contributed by atoms with Crippen LogP contribution in [-0.2, 0) is 48.1 Å². The van der Waals surface area contributed by atoms with Gasteiger partial charge in [-0.1, -0.05) is 0 Å². The maximum atomic E-state index is 11.8. The van der Waals surface area contributed by atoms with Gasteiger partial charge in [0.1, 0.15) is 6.10 Å². The summed E-state index contributed by atoms with van der Waals surface area (Å²) in [6.45, 7) is 2.57. The van der Waals surface area contributed by atoms with Crippen molar-refractivity contribution in [1.29, 1.82) is 0 Å². The van der Waals surface area contributed by atoms with Crippen LogP contribution in [0.3, 0.4) is 0 Å². The van der Waals surface area contributed by atoms with Gasteiger partial charge < -0.3 is 14.2 Å². The van der Waals surface area contributed by atoms with E-state index in [4.69, 9.17) is 15.2 Å². The second-order valence-electron chi connectivity index (χ2n) is 5.38. The predicted octanol–water partition coefficient (Wildman–Crippen LogP) is -1.74. The number of fused-ring (bicyclic) bond motifs is 1. The van der Waals surface area contributed by atoms with E-state index in [1.165, 1.54) is 0 Å². The molecule has 3 unspecified atom stereocenters. The number of nitrogens with zero attached hydrogens (tertiary/aromatic N) is 1. The molecule has 1 heterocycles. The number of hydrogen-bond acceptors (Lipinski definition) is 6. The second-order valence-corrected chi connectivity index (χ2v) is 5.38. The third-order valence-corrected chi connectivity index (χ3v) is 4.16. The summed E-state index contributed by atoms with van der Waals surface area (Å²) in [4.78, 5) is 34.7. The topological polar surface area (TPSA) is 119 Å². The quantitative estimate of drug-likeness (QED) is 0.119. The second kappa shape index (κ2) is 6.67. The summed E-state index contributed by atoms with van der Waals surface area (Å²) in [6, 6.07) is 0. The zero-order valence-corrected chi connectivity index (χ0v) is 15.3. The molecule has 0 aromatic heterocycles. The molecular weight excluding hydrogens is 358 g/mol. The number of esters is 3. The molecule has 0 spiro atoms. The monoisotopic (exact) mass is 370 g/mol. The number of amidine groups is 1. The van der Waals surface area contributed by atoms with Gasteiger partial charge >= 0.3 is 23.7 Å². The molecule has 1 saturated heterocycles. The minimum Gasteiger partial charge on any atom is -0.489 e. The standard InChI is InChI=1S/C14H13N2O6.Zn/c1-2-16-12(15)14(19)20-5-9(17)21-10-6-3-7-8(4-6)13(18)22-11(7)10;/h7-8,10-11,15H,1,3-5H2;/q-1;/p+1/t7?,8?,10?,11-;/m1./s1. The van der Waals surface area contributed by atoms with Crippen LogP contribution in [0.5, 0.6) is 0 Å². The first-order valence-corrected chi connectivity index (χ1v) is 6.78. The van der Waals surface area contributed by atoms with Gasteiger partial charge in [0.15, 0.2) is 12.5 Å². The largest absolute Gasteiger partial charge is 0.489 e. The molecule has 2 bridgehead atoms. The van der Waals surface area contributed by atoms with E-state index in [-0.39, 0.29) is 37.3 Å². The van der Waals surface area contributed by atoms with E-state index in [0.717, 1.165) is 12.3 Å². The predicted molar refractivity (Wildman–Crippen MR) is 72.1 cm³/mol. The van der Waals surface area contributed by atoms with Crippen LogP contribution in [0.25, 0.3) is 0 Å². The van der Waals surface area contributed by atoms with Crippen LogP contribution in [0.4, 0.5) is 0 Å². The molecule has 0 amide bonds. The Morgan fingerprint density at radius 2 is 2.22 bits per heavy atom. The molecule has 2 N–H and O–H groups in total. The molecule has 3 aliphatic rings. The Hall–Kier alpha value is -1.94. The van der Waals surface area contributed by atoms with Crippen molar-refractivity contribution in [3.63, 3.8) is 0 Å². The fourth-order valence-electron chi connectivity index (χ4n) is 3.28. The Morgan fingerprint density at radius 1 is 1.48 bits per heavy atom. The van der Waals surface area contributed by atoms with Crippen LogP contribution >= 0.6 is 0 Å². The molecule has 8 nitrogen and oxygen atoms in total. The average molecular weight is 372 g/mol. The van der Waals surface area contributed by atoms with Crippen molar-refractivity contribution in [1.82, 2.24) is 4.67 Å². The van der Waals surface area contributed by atoms with Gasteiger partial charge in [-0.3, -0.25) is 16.4 Å². The van der Waals surface area contributed by atoms with Crippen LogP contribution in [0.1, 0.15) is 12.8 Å². The zero-order chi connectivity index (χ0) is 15.9. The van der Waals surface area contributed by atoms with Crippen LogP contribution < -0.4 is 10.4 Å². The molecule has 1 aliphatic heterocycles. The van der Waals surface area contributed by atoms with Crippen molar-refractivity contribution in [2.24, 2.45) is 17.6 Å². The van der Waals surface area contributed by atoms with Crippen molar-refractivity contribution >= 4 is 29.6 Å². The van der Waals surface area contributed by atoms with Crippen LogP contribution in [-0.4, -0.2) is 48.4 Å². The SMILES string of the molecule is C=C=[N+]=C(N)C(=O)OCC(=O)OC1[C-]2CC3C(=O)O[C@@H]1C3C2.[Zn]. The van der Waals surface area contributed by atoms with Crippen LogP contribution in [0, 0.1) is 17.8 Å². The van der Waals surface area contributed by atoms with Gasteiger partial charge in [0.05, 0.1) is 0 Å². The van der Waals surface area contributed by atoms with Crippen molar-refractivity contribution < 1.29 is 48.1 Å². The minimum absolute atomic E-state index is 0. The summed E-state index contributed by atoms with van der Waals surface area (Å²) < 4.78 is 18.5. The minimum atomic E-state index is -0.957. The summed E-state index contributed by atoms with van der Waals surface area (Å²) in [6.07, 6.45) is 0.412. The fraction of sp³-hybridized carbons (Fsp3) is 0.500. The third kappa shape index (κ3) is 3.09. The van der Waals surface area contributed by atoms with Crippen LogP contribution in [0.2, 0.25) is 0 Å². The molecule has 23 heavy (non-hydrogen) atoms. The summed E-state index contributed by atoms with van der Waals surface area (Å²) in [5.74, 6) is 0.745.